The second-order valence-corrected chi connectivity index (χ2v) is 5.22. The smallest absolute Gasteiger partial charge is 0.0948 e. The van der Waals surface area contributed by atoms with Gasteiger partial charge in [-0.2, -0.15) is 0 Å². The van der Waals surface area contributed by atoms with Crippen LogP contribution in [0, 0.1) is 5.92 Å². The van der Waals surface area contributed by atoms with Crippen LogP contribution in [0.1, 0.15) is 45.2 Å². The van der Waals surface area contributed by atoms with Crippen molar-refractivity contribution in [3.8, 4) is 0 Å². The lowest BCUT2D eigenvalue weighted by Gasteiger charge is -2.14. The van der Waals surface area contributed by atoms with E-state index in [0.717, 1.165) is 19.0 Å². The first-order chi connectivity index (χ1) is 7.75. The van der Waals surface area contributed by atoms with Gasteiger partial charge in [-0.05, 0) is 18.8 Å². The van der Waals surface area contributed by atoms with Gasteiger partial charge in [0.1, 0.15) is 0 Å². The summed E-state index contributed by atoms with van der Waals surface area (Å²) in [5.41, 5.74) is 1.32. The molecule has 1 fully saturated rings. The molecular formula is C13H23N3. The summed E-state index contributed by atoms with van der Waals surface area (Å²) in [6, 6.07) is 0.537. The van der Waals surface area contributed by atoms with Crippen LogP contribution in [0.4, 0.5) is 0 Å². The summed E-state index contributed by atoms with van der Waals surface area (Å²) in [4.78, 5) is 4.27. The third-order valence-corrected chi connectivity index (χ3v) is 3.42. The number of nitrogens with zero attached hydrogens (tertiary/aromatic N) is 2. The van der Waals surface area contributed by atoms with Crippen molar-refractivity contribution in [1.29, 1.82) is 0 Å². The Balaban J connectivity index is 1.90. The van der Waals surface area contributed by atoms with Crippen LogP contribution in [0.3, 0.4) is 0 Å². The van der Waals surface area contributed by atoms with Gasteiger partial charge in [-0.3, -0.25) is 0 Å². The molecule has 1 saturated carbocycles. The minimum absolute atomic E-state index is 0.537. The van der Waals surface area contributed by atoms with Gasteiger partial charge in [0.05, 0.1) is 12.0 Å². The van der Waals surface area contributed by atoms with Gasteiger partial charge < -0.3 is 9.88 Å². The van der Waals surface area contributed by atoms with E-state index >= 15 is 0 Å². The second-order valence-electron chi connectivity index (χ2n) is 5.22. The molecule has 3 nitrogen and oxygen atoms in total. The minimum Gasteiger partial charge on any atom is -0.333 e. The van der Waals surface area contributed by atoms with Gasteiger partial charge in [0, 0.05) is 25.3 Å². The summed E-state index contributed by atoms with van der Waals surface area (Å²) in [6.45, 7) is 6.45. The fourth-order valence-corrected chi connectivity index (χ4v) is 2.44. The molecule has 1 aromatic rings. The Morgan fingerprint density at radius 2 is 2.19 bits per heavy atom. The molecule has 0 amide bonds. The number of hydrogen-bond acceptors (Lipinski definition) is 2. The molecule has 0 unspecified atom stereocenters. The average molecular weight is 221 g/mol. The monoisotopic (exact) mass is 221 g/mol. The lowest BCUT2D eigenvalue weighted by Crippen LogP contribution is -2.24. The van der Waals surface area contributed by atoms with Crippen LogP contribution in [-0.2, 0) is 13.1 Å². The van der Waals surface area contributed by atoms with Gasteiger partial charge in [0.25, 0.3) is 0 Å². The first-order valence-corrected chi connectivity index (χ1v) is 6.48. The molecule has 0 spiro atoms. The Hall–Kier alpha value is -0.830. The number of aromatic nitrogens is 2. The predicted molar refractivity (Wildman–Crippen MR) is 66.2 cm³/mol. The van der Waals surface area contributed by atoms with Gasteiger partial charge in [-0.15, -0.1) is 0 Å². The fourth-order valence-electron chi connectivity index (χ4n) is 2.44. The van der Waals surface area contributed by atoms with Gasteiger partial charge in [0.2, 0.25) is 0 Å². The van der Waals surface area contributed by atoms with Crippen LogP contribution in [0.5, 0.6) is 0 Å². The van der Waals surface area contributed by atoms with Crippen LogP contribution < -0.4 is 5.32 Å². The van der Waals surface area contributed by atoms with Crippen LogP contribution >= 0.6 is 0 Å². The van der Waals surface area contributed by atoms with Gasteiger partial charge in [-0.25, -0.2) is 4.98 Å². The highest BCUT2D eigenvalue weighted by molar-refractivity contribution is 4.98. The maximum atomic E-state index is 4.27. The van der Waals surface area contributed by atoms with Crippen molar-refractivity contribution in [2.45, 2.75) is 58.7 Å². The van der Waals surface area contributed by atoms with Crippen molar-refractivity contribution in [2.75, 3.05) is 0 Å². The van der Waals surface area contributed by atoms with E-state index in [1.165, 1.54) is 31.4 Å². The molecule has 0 aromatic carbocycles. The Bertz CT molecular complexity index is 311. The Morgan fingerprint density at radius 1 is 1.44 bits per heavy atom. The van der Waals surface area contributed by atoms with Crippen molar-refractivity contribution >= 4 is 0 Å². The summed E-state index contributed by atoms with van der Waals surface area (Å²) < 4.78 is 2.32. The quantitative estimate of drug-likeness (QED) is 0.828. The molecule has 2 rings (SSSR count). The summed E-state index contributed by atoms with van der Waals surface area (Å²) >= 11 is 0. The molecule has 0 aliphatic heterocycles. The molecular weight excluding hydrogens is 198 g/mol. The summed E-state index contributed by atoms with van der Waals surface area (Å²) in [5, 5.41) is 3.45. The zero-order chi connectivity index (χ0) is 11.4. The van der Waals surface area contributed by atoms with E-state index in [-0.39, 0.29) is 0 Å². The van der Waals surface area contributed by atoms with Crippen molar-refractivity contribution in [3.63, 3.8) is 0 Å². The molecule has 1 heterocycles. The number of imidazole rings is 1. The van der Waals surface area contributed by atoms with E-state index in [4.69, 9.17) is 0 Å². The van der Waals surface area contributed by atoms with Crippen molar-refractivity contribution < 1.29 is 0 Å². The molecule has 3 heteroatoms. The number of hydrogen-bond donors (Lipinski definition) is 1. The topological polar surface area (TPSA) is 29.9 Å². The Morgan fingerprint density at radius 3 is 2.88 bits per heavy atom. The van der Waals surface area contributed by atoms with Crippen molar-refractivity contribution in [2.24, 2.45) is 5.92 Å². The second kappa shape index (κ2) is 5.48. The van der Waals surface area contributed by atoms with Crippen LogP contribution in [0.15, 0.2) is 12.5 Å². The molecule has 0 saturated heterocycles. The lowest BCUT2D eigenvalue weighted by atomic mass is 10.1. The zero-order valence-electron chi connectivity index (χ0n) is 10.4. The molecule has 0 bridgehead atoms. The van der Waals surface area contributed by atoms with Crippen molar-refractivity contribution in [3.05, 3.63) is 18.2 Å². The highest BCUT2D eigenvalue weighted by Gasteiger charge is 2.16. The molecule has 1 aromatic heterocycles. The maximum Gasteiger partial charge on any atom is 0.0948 e. The molecule has 0 radical (unpaired) electrons. The Kier molecular flexibility index (Phi) is 3.99. The molecule has 16 heavy (non-hydrogen) atoms. The zero-order valence-corrected chi connectivity index (χ0v) is 10.4. The van der Waals surface area contributed by atoms with E-state index in [2.05, 4.69) is 28.7 Å². The largest absolute Gasteiger partial charge is 0.333 e. The Labute approximate surface area is 98.3 Å². The normalized spacial score (nSPS) is 17.4. The van der Waals surface area contributed by atoms with Gasteiger partial charge in [0.15, 0.2) is 0 Å². The molecule has 90 valence electrons. The van der Waals surface area contributed by atoms with E-state index in [1.54, 1.807) is 0 Å². The van der Waals surface area contributed by atoms with Crippen LogP contribution in [-0.4, -0.2) is 15.6 Å². The highest BCUT2D eigenvalue weighted by Crippen LogP contribution is 2.26. The van der Waals surface area contributed by atoms with Gasteiger partial charge >= 0.3 is 0 Å². The van der Waals surface area contributed by atoms with E-state index in [0.29, 0.717) is 6.04 Å². The first-order valence-electron chi connectivity index (χ1n) is 6.48. The molecule has 1 aliphatic rings. The third-order valence-electron chi connectivity index (χ3n) is 3.42. The van der Waals surface area contributed by atoms with Crippen LogP contribution in [0.25, 0.3) is 0 Å². The van der Waals surface area contributed by atoms with Crippen LogP contribution in [0.2, 0.25) is 0 Å². The summed E-state index contributed by atoms with van der Waals surface area (Å²) in [7, 11) is 0. The SMILES string of the molecule is CC(C)NCc1cncn1CC1CCCC1. The standard InChI is InChI=1S/C13H23N3/c1-11(2)15-8-13-7-14-10-16(13)9-12-5-3-4-6-12/h7,10-12,15H,3-6,8-9H2,1-2H3. The van der Waals surface area contributed by atoms with E-state index in [9.17, 15) is 0 Å². The molecule has 0 atom stereocenters. The number of nitrogens with one attached hydrogen (secondary N) is 1. The number of rotatable bonds is 5. The highest BCUT2D eigenvalue weighted by atomic mass is 15.1. The predicted octanol–water partition coefficient (Wildman–Crippen LogP) is 2.57. The summed E-state index contributed by atoms with van der Waals surface area (Å²) in [6.07, 6.45) is 9.60. The third kappa shape index (κ3) is 3.08. The minimum atomic E-state index is 0.537. The van der Waals surface area contributed by atoms with Gasteiger partial charge in [-0.1, -0.05) is 26.7 Å². The molecule has 1 aliphatic carbocycles. The van der Waals surface area contributed by atoms with E-state index in [1.807, 2.05) is 12.5 Å². The average Bonchev–Trinajstić information content (AvgIpc) is 2.87. The fraction of sp³-hybridized carbons (Fsp3) is 0.769. The maximum absolute atomic E-state index is 4.27. The molecule has 1 N–H and O–H groups in total. The lowest BCUT2D eigenvalue weighted by molar-refractivity contribution is 0.441. The summed E-state index contributed by atoms with van der Waals surface area (Å²) in [5.74, 6) is 0.881. The van der Waals surface area contributed by atoms with Crippen molar-refractivity contribution in [1.82, 2.24) is 14.9 Å². The van der Waals surface area contributed by atoms with E-state index < -0.39 is 0 Å². The first kappa shape index (κ1) is 11.6.